The highest BCUT2D eigenvalue weighted by atomic mass is 19.4. The molecule has 1 saturated heterocycles. The lowest BCUT2D eigenvalue weighted by Gasteiger charge is -2.37. The van der Waals surface area contributed by atoms with Crippen LogP contribution in [0.15, 0.2) is 11.8 Å². The summed E-state index contributed by atoms with van der Waals surface area (Å²) in [6.45, 7) is 3.49. The standard InChI is InChI=1S/C12H17F3N2O/c1-7-11(12(13,14)15)5-10-4-3-9(6-17(7)10)16-8(2)18/h5,7,9,11H,3-4,6H2,1-2H3,(H,16,18). The molecule has 0 aromatic carbocycles. The second kappa shape index (κ2) is 4.48. The van der Waals surface area contributed by atoms with Crippen LogP contribution in [0.25, 0.3) is 0 Å². The fourth-order valence-electron chi connectivity index (χ4n) is 2.83. The molecule has 3 atom stereocenters. The number of hydrogen-bond donors (Lipinski definition) is 1. The summed E-state index contributed by atoms with van der Waals surface area (Å²) in [6.07, 6.45) is -1.54. The van der Waals surface area contributed by atoms with E-state index in [4.69, 9.17) is 0 Å². The van der Waals surface area contributed by atoms with Crippen LogP contribution in [-0.4, -0.2) is 35.6 Å². The lowest BCUT2D eigenvalue weighted by Crippen LogP contribution is -2.49. The SMILES string of the molecule is CC(=O)NC1CCC2=CC(C(F)(F)F)C(C)N2C1. The molecule has 0 radical (unpaired) electrons. The zero-order valence-corrected chi connectivity index (χ0v) is 10.4. The number of hydrogen-bond acceptors (Lipinski definition) is 2. The Hall–Kier alpha value is -1.20. The number of rotatable bonds is 1. The second-order valence-corrected chi connectivity index (χ2v) is 5.05. The van der Waals surface area contributed by atoms with Crippen molar-refractivity contribution < 1.29 is 18.0 Å². The fraction of sp³-hybridized carbons (Fsp3) is 0.750. The van der Waals surface area contributed by atoms with E-state index in [0.717, 1.165) is 5.70 Å². The molecule has 2 aliphatic heterocycles. The number of allylic oxidation sites excluding steroid dienone is 1. The quantitative estimate of drug-likeness (QED) is 0.784. The minimum Gasteiger partial charge on any atom is -0.369 e. The summed E-state index contributed by atoms with van der Waals surface area (Å²) in [7, 11) is 0. The predicted octanol–water partition coefficient (Wildman–Crippen LogP) is 2.05. The lowest BCUT2D eigenvalue weighted by atomic mass is 10.0. The van der Waals surface area contributed by atoms with Gasteiger partial charge in [0, 0.05) is 31.2 Å². The van der Waals surface area contributed by atoms with E-state index in [9.17, 15) is 18.0 Å². The van der Waals surface area contributed by atoms with Gasteiger partial charge in [-0.15, -0.1) is 0 Å². The van der Waals surface area contributed by atoms with Crippen LogP contribution in [0.4, 0.5) is 13.2 Å². The third-order valence-corrected chi connectivity index (χ3v) is 3.70. The van der Waals surface area contributed by atoms with Crippen molar-refractivity contribution in [3.63, 3.8) is 0 Å². The van der Waals surface area contributed by atoms with Crippen molar-refractivity contribution in [3.05, 3.63) is 11.8 Å². The molecule has 0 saturated carbocycles. The number of carbonyl (C=O) groups excluding carboxylic acids is 1. The maximum absolute atomic E-state index is 12.8. The van der Waals surface area contributed by atoms with Gasteiger partial charge in [-0.2, -0.15) is 13.2 Å². The highest BCUT2D eigenvalue weighted by Gasteiger charge is 2.48. The Kier molecular flexibility index (Phi) is 3.29. The maximum Gasteiger partial charge on any atom is 0.397 e. The number of halogens is 3. The predicted molar refractivity (Wildman–Crippen MR) is 60.6 cm³/mol. The summed E-state index contributed by atoms with van der Waals surface area (Å²) < 4.78 is 38.5. The van der Waals surface area contributed by atoms with E-state index in [2.05, 4.69) is 5.32 Å². The highest BCUT2D eigenvalue weighted by molar-refractivity contribution is 5.73. The van der Waals surface area contributed by atoms with Crippen molar-refractivity contribution in [1.82, 2.24) is 10.2 Å². The molecule has 0 aliphatic carbocycles. The Bertz CT molecular complexity index is 378. The largest absolute Gasteiger partial charge is 0.397 e. The Labute approximate surface area is 104 Å². The summed E-state index contributed by atoms with van der Waals surface area (Å²) in [5, 5.41) is 2.78. The summed E-state index contributed by atoms with van der Waals surface area (Å²) in [5.41, 5.74) is 0.770. The van der Waals surface area contributed by atoms with Crippen molar-refractivity contribution in [2.24, 2.45) is 5.92 Å². The van der Waals surface area contributed by atoms with E-state index in [0.29, 0.717) is 19.4 Å². The first-order valence-corrected chi connectivity index (χ1v) is 6.10. The van der Waals surface area contributed by atoms with E-state index < -0.39 is 18.1 Å². The summed E-state index contributed by atoms with van der Waals surface area (Å²) in [5.74, 6) is -1.52. The van der Waals surface area contributed by atoms with Crippen LogP contribution < -0.4 is 5.32 Å². The third kappa shape index (κ3) is 2.47. The number of fused-ring (bicyclic) bond motifs is 1. The first-order chi connectivity index (χ1) is 8.29. The number of alkyl halides is 3. The molecule has 18 heavy (non-hydrogen) atoms. The molecule has 1 fully saturated rings. The molecule has 2 aliphatic rings. The van der Waals surface area contributed by atoms with Gasteiger partial charge < -0.3 is 10.2 Å². The number of piperidine rings is 1. The summed E-state index contributed by atoms with van der Waals surface area (Å²) in [6, 6.07) is -0.620. The van der Waals surface area contributed by atoms with Gasteiger partial charge in [-0.25, -0.2) is 0 Å². The van der Waals surface area contributed by atoms with E-state index >= 15 is 0 Å². The average Bonchev–Trinajstić information content (AvgIpc) is 2.55. The van der Waals surface area contributed by atoms with Crippen molar-refractivity contribution in [1.29, 1.82) is 0 Å². The van der Waals surface area contributed by atoms with E-state index in [-0.39, 0.29) is 11.9 Å². The minimum absolute atomic E-state index is 0.0471. The number of nitrogens with one attached hydrogen (secondary N) is 1. The molecule has 3 unspecified atom stereocenters. The number of carbonyl (C=O) groups is 1. The molecule has 2 rings (SSSR count). The lowest BCUT2D eigenvalue weighted by molar-refractivity contribution is -0.169. The molecule has 0 aromatic rings. The van der Waals surface area contributed by atoms with E-state index in [1.807, 2.05) is 0 Å². The van der Waals surface area contributed by atoms with Gasteiger partial charge in [0.05, 0.1) is 5.92 Å². The summed E-state index contributed by atoms with van der Waals surface area (Å²) >= 11 is 0. The molecular formula is C12H17F3N2O. The van der Waals surface area contributed by atoms with Gasteiger partial charge in [0.2, 0.25) is 5.91 Å². The molecule has 0 aromatic heterocycles. The zero-order valence-electron chi connectivity index (χ0n) is 10.4. The van der Waals surface area contributed by atoms with Crippen LogP contribution in [0.5, 0.6) is 0 Å². The van der Waals surface area contributed by atoms with Crippen LogP contribution in [0, 0.1) is 5.92 Å². The van der Waals surface area contributed by atoms with Gasteiger partial charge in [-0.1, -0.05) is 6.08 Å². The van der Waals surface area contributed by atoms with E-state index in [1.165, 1.54) is 13.0 Å². The molecule has 1 N–H and O–H groups in total. The second-order valence-electron chi connectivity index (χ2n) is 5.05. The average molecular weight is 262 g/mol. The van der Waals surface area contributed by atoms with Gasteiger partial charge >= 0.3 is 6.18 Å². The number of amides is 1. The van der Waals surface area contributed by atoms with Gasteiger partial charge in [0.25, 0.3) is 0 Å². The zero-order chi connectivity index (χ0) is 13.5. The van der Waals surface area contributed by atoms with Crippen molar-refractivity contribution >= 4 is 5.91 Å². The Morgan fingerprint density at radius 3 is 2.72 bits per heavy atom. The van der Waals surface area contributed by atoms with Crippen LogP contribution in [0.2, 0.25) is 0 Å². The molecule has 3 nitrogen and oxygen atoms in total. The van der Waals surface area contributed by atoms with Crippen molar-refractivity contribution in [2.45, 2.75) is 44.9 Å². The first kappa shape index (κ1) is 13.2. The smallest absolute Gasteiger partial charge is 0.369 e. The van der Waals surface area contributed by atoms with Gasteiger partial charge in [0.15, 0.2) is 0 Å². The van der Waals surface area contributed by atoms with Crippen molar-refractivity contribution in [3.8, 4) is 0 Å². The molecule has 1 amide bonds. The van der Waals surface area contributed by atoms with Crippen LogP contribution in [0.1, 0.15) is 26.7 Å². The van der Waals surface area contributed by atoms with Crippen molar-refractivity contribution in [2.75, 3.05) is 6.54 Å². The fourth-order valence-corrected chi connectivity index (χ4v) is 2.83. The highest BCUT2D eigenvalue weighted by Crippen LogP contribution is 2.41. The Balaban J connectivity index is 2.07. The third-order valence-electron chi connectivity index (χ3n) is 3.70. The van der Waals surface area contributed by atoms with Gasteiger partial charge in [-0.05, 0) is 19.8 Å². The van der Waals surface area contributed by atoms with Gasteiger partial charge in [0.1, 0.15) is 0 Å². The molecular weight excluding hydrogens is 245 g/mol. The van der Waals surface area contributed by atoms with Crippen LogP contribution in [0.3, 0.4) is 0 Å². The topological polar surface area (TPSA) is 32.3 Å². The molecule has 6 heteroatoms. The van der Waals surface area contributed by atoms with Crippen LogP contribution in [-0.2, 0) is 4.79 Å². The monoisotopic (exact) mass is 262 g/mol. The van der Waals surface area contributed by atoms with E-state index in [1.54, 1.807) is 11.8 Å². The molecule has 2 heterocycles. The first-order valence-electron chi connectivity index (χ1n) is 6.10. The molecule has 0 bridgehead atoms. The number of nitrogens with zero attached hydrogens (tertiary/aromatic N) is 1. The maximum atomic E-state index is 12.8. The Morgan fingerprint density at radius 1 is 1.50 bits per heavy atom. The Morgan fingerprint density at radius 2 is 2.17 bits per heavy atom. The molecule has 102 valence electrons. The molecule has 0 spiro atoms. The van der Waals surface area contributed by atoms with Crippen LogP contribution >= 0.6 is 0 Å². The normalized spacial score (nSPS) is 31.9. The minimum atomic E-state index is -4.19. The summed E-state index contributed by atoms with van der Waals surface area (Å²) in [4.78, 5) is 12.8. The van der Waals surface area contributed by atoms with Gasteiger partial charge in [-0.3, -0.25) is 4.79 Å².